The molecule has 19 heavy (non-hydrogen) atoms. The third-order valence-electron chi connectivity index (χ3n) is 3.08. The van der Waals surface area contributed by atoms with Crippen molar-refractivity contribution in [2.24, 2.45) is 11.8 Å². The lowest BCUT2D eigenvalue weighted by Gasteiger charge is -2.25. The Labute approximate surface area is 113 Å². The fraction of sp³-hybridized carbons (Fsp3) is 0.769. The van der Waals surface area contributed by atoms with Crippen molar-refractivity contribution in [2.75, 3.05) is 0 Å². The number of rotatable bonds is 7. The minimum absolute atomic E-state index is 0.115. The topological polar surface area (TPSA) is 95.5 Å². The molecule has 0 fully saturated rings. The highest BCUT2D eigenvalue weighted by molar-refractivity contribution is 5.90. The van der Waals surface area contributed by atoms with E-state index >= 15 is 0 Å². The third-order valence-corrected chi connectivity index (χ3v) is 3.08. The van der Waals surface area contributed by atoms with Crippen molar-refractivity contribution in [1.82, 2.24) is 10.6 Å². The third kappa shape index (κ3) is 5.72. The smallest absolute Gasteiger partial charge is 0.326 e. The van der Waals surface area contributed by atoms with Gasteiger partial charge in [-0.1, -0.05) is 34.1 Å². The molecule has 0 radical (unpaired) electrons. The molecule has 0 aromatic heterocycles. The molecule has 0 heterocycles. The number of hydrogen-bond acceptors (Lipinski definition) is 3. The van der Waals surface area contributed by atoms with E-state index in [-0.39, 0.29) is 17.7 Å². The van der Waals surface area contributed by atoms with Crippen LogP contribution in [0.4, 0.5) is 0 Å². The first-order valence-electron chi connectivity index (χ1n) is 6.50. The van der Waals surface area contributed by atoms with Gasteiger partial charge in [0.1, 0.15) is 12.1 Å². The summed E-state index contributed by atoms with van der Waals surface area (Å²) in [4.78, 5) is 34.3. The summed E-state index contributed by atoms with van der Waals surface area (Å²) in [6, 6.07) is -1.66. The van der Waals surface area contributed by atoms with E-state index in [0.717, 1.165) is 0 Å². The van der Waals surface area contributed by atoms with Crippen LogP contribution in [0.5, 0.6) is 0 Å². The Kier molecular flexibility index (Phi) is 7.11. The van der Waals surface area contributed by atoms with Crippen LogP contribution in [0.2, 0.25) is 0 Å². The molecule has 3 atom stereocenters. The first-order valence-corrected chi connectivity index (χ1v) is 6.50. The van der Waals surface area contributed by atoms with Gasteiger partial charge in [-0.05, 0) is 11.8 Å². The molecular formula is C13H24N2O4. The number of carboxylic acid groups (broad SMARTS) is 1. The van der Waals surface area contributed by atoms with Crippen molar-refractivity contribution >= 4 is 17.8 Å². The van der Waals surface area contributed by atoms with Crippen molar-refractivity contribution in [3.8, 4) is 0 Å². The maximum atomic E-state index is 12.1. The number of carboxylic acids is 1. The van der Waals surface area contributed by atoms with E-state index < -0.39 is 24.0 Å². The predicted octanol–water partition coefficient (Wildman–Crippen LogP) is 0.763. The summed E-state index contributed by atoms with van der Waals surface area (Å²) >= 11 is 0. The van der Waals surface area contributed by atoms with Gasteiger partial charge in [-0.25, -0.2) is 4.79 Å². The summed E-state index contributed by atoms with van der Waals surface area (Å²) in [6.07, 6.45) is 0.643. The second-order valence-electron chi connectivity index (χ2n) is 5.13. The second kappa shape index (κ2) is 7.76. The Morgan fingerprint density at radius 1 is 1.05 bits per heavy atom. The molecule has 110 valence electrons. The summed E-state index contributed by atoms with van der Waals surface area (Å²) < 4.78 is 0. The lowest BCUT2D eigenvalue weighted by molar-refractivity contribution is -0.144. The van der Waals surface area contributed by atoms with E-state index in [1.165, 1.54) is 6.92 Å². The fourth-order valence-corrected chi connectivity index (χ4v) is 1.68. The summed E-state index contributed by atoms with van der Waals surface area (Å²) in [5.41, 5.74) is 0. The largest absolute Gasteiger partial charge is 0.480 e. The monoisotopic (exact) mass is 272 g/mol. The molecule has 2 amide bonds. The van der Waals surface area contributed by atoms with Crippen LogP contribution in [0, 0.1) is 11.8 Å². The van der Waals surface area contributed by atoms with Gasteiger partial charge in [0, 0.05) is 6.92 Å². The molecule has 0 spiro atoms. The van der Waals surface area contributed by atoms with Crippen LogP contribution in [0.3, 0.4) is 0 Å². The zero-order valence-electron chi connectivity index (χ0n) is 12.2. The molecule has 3 N–H and O–H groups in total. The zero-order chi connectivity index (χ0) is 15.2. The number of amides is 2. The number of carbonyl (C=O) groups is 3. The van der Waals surface area contributed by atoms with Gasteiger partial charge in [0.2, 0.25) is 11.8 Å². The molecule has 0 aromatic carbocycles. The number of hydrogen-bond donors (Lipinski definition) is 3. The highest BCUT2D eigenvalue weighted by atomic mass is 16.4. The van der Waals surface area contributed by atoms with Crippen LogP contribution in [-0.4, -0.2) is 35.0 Å². The molecule has 0 aliphatic heterocycles. The Balaban J connectivity index is 4.85. The maximum Gasteiger partial charge on any atom is 0.326 e. The first-order chi connectivity index (χ1) is 8.70. The molecule has 0 aliphatic rings. The molecule has 1 unspecified atom stereocenters. The number of aliphatic carboxylic acids is 1. The van der Waals surface area contributed by atoms with Crippen LogP contribution in [-0.2, 0) is 14.4 Å². The fourth-order valence-electron chi connectivity index (χ4n) is 1.68. The van der Waals surface area contributed by atoms with E-state index in [1.807, 2.05) is 6.92 Å². The summed E-state index contributed by atoms with van der Waals surface area (Å²) in [6.45, 7) is 8.53. The Bertz CT molecular complexity index is 342. The molecule has 0 rings (SSSR count). The van der Waals surface area contributed by atoms with Gasteiger partial charge in [-0.2, -0.15) is 0 Å². The normalized spacial score (nSPS) is 15.5. The van der Waals surface area contributed by atoms with Gasteiger partial charge in [-0.3, -0.25) is 9.59 Å². The van der Waals surface area contributed by atoms with Crippen LogP contribution in [0.25, 0.3) is 0 Å². The summed E-state index contributed by atoms with van der Waals surface area (Å²) in [5.74, 6) is -2.13. The Hall–Kier alpha value is -1.59. The summed E-state index contributed by atoms with van der Waals surface area (Å²) in [7, 11) is 0. The average Bonchev–Trinajstić information content (AvgIpc) is 2.30. The molecule has 6 heteroatoms. The highest BCUT2D eigenvalue weighted by Gasteiger charge is 2.30. The van der Waals surface area contributed by atoms with Crippen molar-refractivity contribution in [2.45, 2.75) is 53.1 Å². The standard InChI is InChI=1S/C13H24N2O4/c1-6-8(4)11(13(18)19)15-12(17)10(7(2)3)14-9(5)16/h7-8,10-11H,6H2,1-5H3,(H,14,16)(H,15,17)(H,18,19)/t8-,10?,11-/m0/s1. The van der Waals surface area contributed by atoms with Gasteiger partial charge < -0.3 is 15.7 Å². The van der Waals surface area contributed by atoms with E-state index in [2.05, 4.69) is 10.6 Å². The highest BCUT2D eigenvalue weighted by Crippen LogP contribution is 2.10. The number of nitrogens with one attached hydrogen (secondary N) is 2. The lowest BCUT2D eigenvalue weighted by atomic mass is 9.97. The first kappa shape index (κ1) is 17.4. The van der Waals surface area contributed by atoms with E-state index in [4.69, 9.17) is 5.11 Å². The average molecular weight is 272 g/mol. The molecular weight excluding hydrogens is 248 g/mol. The zero-order valence-corrected chi connectivity index (χ0v) is 12.2. The quantitative estimate of drug-likeness (QED) is 0.637. The SMILES string of the molecule is CC[C@H](C)[C@H](NC(=O)C(NC(C)=O)C(C)C)C(=O)O. The van der Waals surface area contributed by atoms with Crippen LogP contribution >= 0.6 is 0 Å². The summed E-state index contributed by atoms with van der Waals surface area (Å²) in [5, 5.41) is 14.2. The molecule has 0 aromatic rings. The van der Waals surface area contributed by atoms with Crippen molar-refractivity contribution in [3.63, 3.8) is 0 Å². The van der Waals surface area contributed by atoms with Crippen LogP contribution < -0.4 is 10.6 Å². The molecule has 6 nitrogen and oxygen atoms in total. The van der Waals surface area contributed by atoms with E-state index in [1.54, 1.807) is 20.8 Å². The molecule has 0 saturated carbocycles. The van der Waals surface area contributed by atoms with Crippen LogP contribution in [0.1, 0.15) is 41.0 Å². The minimum atomic E-state index is -1.06. The predicted molar refractivity (Wildman–Crippen MR) is 71.5 cm³/mol. The van der Waals surface area contributed by atoms with Crippen molar-refractivity contribution < 1.29 is 19.5 Å². The van der Waals surface area contributed by atoms with E-state index in [9.17, 15) is 14.4 Å². The van der Waals surface area contributed by atoms with Gasteiger partial charge in [0.15, 0.2) is 0 Å². The van der Waals surface area contributed by atoms with Gasteiger partial charge in [0.25, 0.3) is 0 Å². The number of carbonyl (C=O) groups excluding carboxylic acids is 2. The van der Waals surface area contributed by atoms with Crippen molar-refractivity contribution in [1.29, 1.82) is 0 Å². The van der Waals surface area contributed by atoms with E-state index in [0.29, 0.717) is 6.42 Å². The maximum absolute atomic E-state index is 12.1. The Morgan fingerprint density at radius 2 is 1.58 bits per heavy atom. The lowest BCUT2D eigenvalue weighted by Crippen LogP contribution is -2.54. The molecule has 0 bridgehead atoms. The Morgan fingerprint density at radius 3 is 1.89 bits per heavy atom. The van der Waals surface area contributed by atoms with Gasteiger partial charge >= 0.3 is 5.97 Å². The van der Waals surface area contributed by atoms with Gasteiger partial charge in [0.05, 0.1) is 0 Å². The van der Waals surface area contributed by atoms with Crippen LogP contribution in [0.15, 0.2) is 0 Å². The van der Waals surface area contributed by atoms with Crippen molar-refractivity contribution in [3.05, 3.63) is 0 Å². The molecule has 0 aliphatic carbocycles. The minimum Gasteiger partial charge on any atom is -0.480 e. The van der Waals surface area contributed by atoms with Gasteiger partial charge in [-0.15, -0.1) is 0 Å². The second-order valence-corrected chi connectivity index (χ2v) is 5.13. The molecule has 0 saturated heterocycles.